The lowest BCUT2D eigenvalue weighted by Gasteiger charge is -2.36. The standard InChI is InChI=1S/C28H27ClF3N5O4.C25H23ClF3N5O4.2H2S/c1-27(2)40-15-19(41-27)14-39-23-8-4-7-22(33-23)34-26(38)37-18-9-10-36(13-18)21-12-20(29)24(35-25(21)37)16-5-3-6-17(11-16)28(30,31)32;26-18-10-19-23(32-22(18)14-3-1-4-15(9-14)25(27,28)29)34(16-7-8-33(19)11-16)24(37)31-20-5-2-6-21(30-20)38-13-17(36)12-35;;/h3-8,11-12,18-19H,9-10,13-15H2,1-2H3,(H,33,34,38);1-6,9-10,16-17,35-36H,7-8,11-13H2,(H,30,31,37);2*1H2/t18-,19-;16-,17+;;/m00../s1. The summed E-state index contributed by atoms with van der Waals surface area (Å²) in [6, 6.07) is 21.1. The lowest BCUT2D eigenvalue weighted by molar-refractivity contribution is -0.141. The third-order valence-electron chi connectivity index (χ3n) is 13.5. The molecule has 18 nitrogen and oxygen atoms in total. The molecule has 4 bridgehead atoms. The molecule has 81 heavy (non-hydrogen) atoms. The van der Waals surface area contributed by atoms with Crippen LogP contribution in [0.4, 0.5) is 70.6 Å². The molecule has 0 aliphatic carbocycles. The maximum atomic E-state index is 13.6. The van der Waals surface area contributed by atoms with Crippen molar-refractivity contribution in [2.75, 3.05) is 82.8 Å². The molecule has 0 saturated carbocycles. The molecule has 4 atom stereocenters. The number of anilines is 6. The van der Waals surface area contributed by atoms with Crippen LogP contribution in [0, 0.1) is 0 Å². The minimum Gasteiger partial charge on any atom is -0.475 e. The molecule has 2 aromatic carbocycles. The van der Waals surface area contributed by atoms with Gasteiger partial charge in [-0.2, -0.15) is 63.3 Å². The number of pyridine rings is 4. The summed E-state index contributed by atoms with van der Waals surface area (Å²) < 4.78 is 103. The molecule has 4 N–H and O–H groups in total. The Balaban J connectivity index is 0.000000208. The predicted octanol–water partition coefficient (Wildman–Crippen LogP) is 10.4. The number of urea groups is 2. The lowest BCUT2D eigenvalue weighted by Crippen LogP contribution is -2.48. The Labute approximate surface area is 484 Å². The normalized spacial score (nSPS) is 18.8. The molecule has 11 rings (SSSR count). The molecule has 0 radical (unpaired) electrons. The molecule has 4 amide bonds. The minimum atomic E-state index is -4.53. The van der Waals surface area contributed by atoms with Gasteiger partial charge in [0.1, 0.15) is 37.1 Å². The molecule has 5 aliphatic rings. The largest absolute Gasteiger partial charge is 0.475 e. The van der Waals surface area contributed by atoms with Gasteiger partial charge in [-0.25, -0.2) is 19.6 Å². The van der Waals surface area contributed by atoms with Gasteiger partial charge in [-0.15, -0.1) is 0 Å². The number of rotatable bonds is 11. The summed E-state index contributed by atoms with van der Waals surface area (Å²) in [5.74, 6) is 0.826. The molecule has 4 aromatic heterocycles. The number of hydrogen-bond acceptors (Lipinski definition) is 14. The molecule has 432 valence electrons. The van der Waals surface area contributed by atoms with E-state index in [1.165, 1.54) is 40.1 Å². The fraction of sp³-hybridized carbons (Fsp3) is 0.358. The maximum absolute atomic E-state index is 13.6. The zero-order chi connectivity index (χ0) is 56.0. The first-order valence-electron chi connectivity index (χ1n) is 24.9. The van der Waals surface area contributed by atoms with Crippen LogP contribution < -0.4 is 39.7 Å². The number of alkyl halides is 6. The van der Waals surface area contributed by atoms with E-state index in [1.807, 2.05) is 18.7 Å². The van der Waals surface area contributed by atoms with E-state index in [9.17, 15) is 41.0 Å². The minimum absolute atomic E-state index is 0. The molecule has 3 fully saturated rings. The second-order valence-electron chi connectivity index (χ2n) is 19.5. The predicted molar refractivity (Wildman–Crippen MR) is 302 cm³/mol. The molecular weight excluding hydrogens is 1150 g/mol. The van der Waals surface area contributed by atoms with Crippen LogP contribution in [0.25, 0.3) is 22.5 Å². The van der Waals surface area contributed by atoms with Crippen molar-refractivity contribution in [3.05, 3.63) is 118 Å². The van der Waals surface area contributed by atoms with Gasteiger partial charge in [0.05, 0.1) is 69.2 Å². The number of fused-ring (bicyclic) bond motifs is 8. The van der Waals surface area contributed by atoms with Crippen LogP contribution in [0.5, 0.6) is 11.8 Å². The van der Waals surface area contributed by atoms with Crippen molar-refractivity contribution < 1.29 is 65.1 Å². The highest BCUT2D eigenvalue weighted by Crippen LogP contribution is 2.46. The molecule has 0 spiro atoms. The van der Waals surface area contributed by atoms with Crippen molar-refractivity contribution in [2.24, 2.45) is 0 Å². The summed E-state index contributed by atoms with van der Waals surface area (Å²) >= 11 is 13.0. The van der Waals surface area contributed by atoms with Gasteiger partial charge in [0, 0.05) is 49.4 Å². The summed E-state index contributed by atoms with van der Waals surface area (Å²) in [5, 5.41) is 24.3. The third-order valence-corrected chi connectivity index (χ3v) is 14.0. The maximum Gasteiger partial charge on any atom is 0.416 e. The Morgan fingerprint density at radius 1 is 0.704 bits per heavy atom. The van der Waals surface area contributed by atoms with Crippen LogP contribution in [-0.2, 0) is 21.8 Å². The number of benzene rings is 2. The van der Waals surface area contributed by atoms with Crippen LogP contribution in [0.15, 0.2) is 97.1 Å². The Morgan fingerprint density at radius 3 is 1.59 bits per heavy atom. The first kappa shape index (κ1) is 60.6. The summed E-state index contributed by atoms with van der Waals surface area (Å²) in [4.78, 5) is 52.1. The Bertz CT molecular complexity index is 3280. The SMILES string of the molecule is CC1(C)OC[C@H](COc2cccc(NC(=O)N3c4nc(-c5cccc(C(F)(F)F)c5)c(Cl)cc4N4CC[C@H]3C4)n2)O1.O=C(Nc1cccc(OC[C@H](O)CO)n1)N1c2nc(-c3cccc(C(F)(F)F)c3)c(Cl)cc2N2CC[C@H]1C2.S.S. The number of nitrogens with one attached hydrogen (secondary N) is 2. The van der Waals surface area contributed by atoms with Crippen molar-refractivity contribution in [1.82, 2.24) is 19.9 Å². The number of amides is 4. The van der Waals surface area contributed by atoms with E-state index >= 15 is 0 Å². The fourth-order valence-electron chi connectivity index (χ4n) is 9.79. The number of halogens is 8. The molecule has 9 heterocycles. The second kappa shape index (κ2) is 24.5. The van der Waals surface area contributed by atoms with Crippen molar-refractivity contribution in [1.29, 1.82) is 0 Å². The second-order valence-corrected chi connectivity index (χ2v) is 20.3. The smallest absolute Gasteiger partial charge is 0.416 e. The summed E-state index contributed by atoms with van der Waals surface area (Å²) in [7, 11) is 0. The zero-order valence-corrected chi connectivity index (χ0v) is 46.6. The van der Waals surface area contributed by atoms with Gasteiger partial charge in [0.15, 0.2) is 17.4 Å². The number of aromatic nitrogens is 4. The molecule has 6 aromatic rings. The summed E-state index contributed by atoms with van der Waals surface area (Å²) in [6.07, 6.45) is -9.02. The molecular formula is C53H54Cl2F6N10O8S2. The summed E-state index contributed by atoms with van der Waals surface area (Å²) in [6.45, 7) is 6.12. The highest BCUT2D eigenvalue weighted by molar-refractivity contribution is 7.59. The van der Waals surface area contributed by atoms with Crippen molar-refractivity contribution in [3.63, 3.8) is 0 Å². The Hall–Kier alpha value is -6.52. The monoisotopic (exact) mass is 1210 g/mol. The van der Waals surface area contributed by atoms with Crippen LogP contribution >= 0.6 is 50.2 Å². The quantitative estimate of drug-likeness (QED) is 0.0893. The zero-order valence-electron chi connectivity index (χ0n) is 43.1. The average molecular weight is 1210 g/mol. The van der Waals surface area contributed by atoms with Gasteiger partial charge in [-0.3, -0.25) is 20.4 Å². The number of nitrogens with zero attached hydrogens (tertiary/aromatic N) is 8. The van der Waals surface area contributed by atoms with E-state index in [0.717, 1.165) is 24.3 Å². The highest BCUT2D eigenvalue weighted by Gasteiger charge is 2.43. The van der Waals surface area contributed by atoms with Gasteiger partial charge in [0.2, 0.25) is 11.8 Å². The fourth-order valence-corrected chi connectivity index (χ4v) is 10.3. The third kappa shape index (κ3) is 13.5. The van der Waals surface area contributed by atoms with Crippen LogP contribution in [0.2, 0.25) is 10.0 Å². The topological polar surface area (TPSA) is 200 Å². The first-order chi connectivity index (χ1) is 37.6. The number of aliphatic hydroxyl groups excluding tert-OH is 2. The highest BCUT2D eigenvalue weighted by atomic mass is 35.5. The van der Waals surface area contributed by atoms with E-state index < -0.39 is 54.0 Å². The van der Waals surface area contributed by atoms with Gasteiger partial charge in [0.25, 0.3) is 0 Å². The molecule has 28 heteroatoms. The molecule has 3 saturated heterocycles. The van der Waals surface area contributed by atoms with Gasteiger partial charge >= 0.3 is 24.4 Å². The molecule has 5 aliphatic heterocycles. The number of carbonyl (C=O) groups excluding carboxylic acids is 2. The number of hydrogen-bond donors (Lipinski definition) is 4. The lowest BCUT2D eigenvalue weighted by atomic mass is 10.1. The van der Waals surface area contributed by atoms with Crippen LogP contribution in [-0.4, -0.2) is 125 Å². The van der Waals surface area contributed by atoms with Gasteiger partial charge < -0.3 is 39.0 Å². The number of aliphatic hydroxyl groups is 2. The van der Waals surface area contributed by atoms with Crippen LogP contribution in [0.1, 0.15) is 37.8 Å². The van der Waals surface area contributed by atoms with E-state index in [0.29, 0.717) is 68.7 Å². The van der Waals surface area contributed by atoms with Gasteiger partial charge in [-0.05, 0) is 75.2 Å². The van der Waals surface area contributed by atoms with Crippen LogP contribution in [0.3, 0.4) is 0 Å². The number of ether oxygens (including phenoxy) is 4. The Morgan fingerprint density at radius 2 is 1.16 bits per heavy atom. The van der Waals surface area contributed by atoms with Crippen molar-refractivity contribution in [3.8, 4) is 34.3 Å². The Kier molecular flexibility index (Phi) is 18.3. The van der Waals surface area contributed by atoms with E-state index in [4.69, 9.17) is 47.3 Å². The first-order valence-corrected chi connectivity index (χ1v) is 25.6. The van der Waals surface area contributed by atoms with Crippen molar-refractivity contribution in [2.45, 2.75) is 69.1 Å². The van der Waals surface area contributed by atoms with E-state index in [2.05, 4.69) is 35.5 Å². The summed E-state index contributed by atoms with van der Waals surface area (Å²) in [5.41, 5.74) is 0.278. The van der Waals surface area contributed by atoms with E-state index in [1.54, 1.807) is 42.5 Å². The van der Waals surface area contributed by atoms with Gasteiger partial charge in [-0.1, -0.05) is 59.6 Å². The van der Waals surface area contributed by atoms with Crippen molar-refractivity contribution >= 4 is 96.9 Å². The average Bonchev–Trinajstić information content (AvgIpc) is 4.39. The van der Waals surface area contributed by atoms with E-state index in [-0.39, 0.29) is 114 Å². The number of carbonyl (C=O) groups is 2. The molecule has 0 unspecified atom stereocenters.